The molecule has 0 saturated carbocycles. The minimum absolute atomic E-state index is 0.109. The Hall–Kier alpha value is -2.29. The second-order valence-corrected chi connectivity index (χ2v) is 7.52. The normalized spacial score (nSPS) is 23.8. The van der Waals surface area contributed by atoms with Gasteiger partial charge >= 0.3 is 0 Å². The lowest BCUT2D eigenvalue weighted by atomic mass is 9.92. The molecule has 0 aliphatic carbocycles. The van der Waals surface area contributed by atoms with Crippen LogP contribution in [0.1, 0.15) is 34.3 Å². The monoisotopic (exact) mass is 372 g/mol. The topological polar surface area (TPSA) is 99.8 Å². The molecule has 0 bridgehead atoms. The van der Waals surface area contributed by atoms with E-state index < -0.39 is 6.04 Å². The van der Waals surface area contributed by atoms with Crippen LogP contribution in [0.4, 0.5) is 0 Å². The van der Waals surface area contributed by atoms with E-state index in [1.54, 1.807) is 12.0 Å². The first-order valence-corrected chi connectivity index (χ1v) is 9.23. The number of fused-ring (bicyclic) bond motifs is 1. The zero-order valence-electron chi connectivity index (χ0n) is 15.3. The number of imide groups is 1. The van der Waals surface area contributed by atoms with Gasteiger partial charge in [0.05, 0.1) is 12.1 Å². The summed E-state index contributed by atoms with van der Waals surface area (Å²) in [6, 6.07) is 5.24. The van der Waals surface area contributed by atoms with Crippen LogP contribution in [0.15, 0.2) is 18.2 Å². The Balaban J connectivity index is 1.51. The summed E-state index contributed by atoms with van der Waals surface area (Å²) in [4.78, 5) is 38.2. The zero-order chi connectivity index (χ0) is 19.0. The smallest absolute Gasteiger partial charge is 0.255 e. The quantitative estimate of drug-likeness (QED) is 0.584. The van der Waals surface area contributed by atoms with Crippen LogP contribution in [0.2, 0.25) is 0 Å². The Bertz CT molecular complexity index is 790. The maximum absolute atomic E-state index is 13.1. The number of ether oxygens (including phenoxy) is 1. The van der Waals surface area contributed by atoms with Crippen molar-refractivity contribution in [1.29, 1.82) is 0 Å². The summed E-state index contributed by atoms with van der Waals surface area (Å²) < 4.78 is 5.32. The Labute approximate surface area is 157 Å². The van der Waals surface area contributed by atoms with Gasteiger partial charge in [-0.3, -0.25) is 19.7 Å². The Morgan fingerprint density at radius 1 is 1.30 bits per heavy atom. The molecule has 3 aliphatic rings. The van der Waals surface area contributed by atoms with Gasteiger partial charge in [0.1, 0.15) is 6.04 Å². The number of piperidine rings is 1. The molecule has 1 unspecified atom stereocenters. The number of carbonyl (C=O) groups excluding carboxylic acids is 3. The van der Waals surface area contributed by atoms with Crippen molar-refractivity contribution in [3.63, 3.8) is 0 Å². The predicted molar refractivity (Wildman–Crippen MR) is 96.8 cm³/mol. The molecular weight excluding hydrogens is 348 g/mol. The van der Waals surface area contributed by atoms with E-state index >= 15 is 0 Å². The highest BCUT2D eigenvalue weighted by molar-refractivity contribution is 6.05. The third kappa shape index (κ3) is 3.24. The van der Waals surface area contributed by atoms with Crippen LogP contribution in [0.3, 0.4) is 0 Å². The highest BCUT2D eigenvalue weighted by Crippen LogP contribution is 2.30. The van der Waals surface area contributed by atoms with Gasteiger partial charge < -0.3 is 20.3 Å². The molecule has 8 nitrogen and oxygen atoms in total. The lowest BCUT2D eigenvalue weighted by molar-refractivity contribution is -0.136. The number of amides is 3. The van der Waals surface area contributed by atoms with Gasteiger partial charge in [0.25, 0.3) is 5.91 Å². The third-order valence-electron chi connectivity index (χ3n) is 5.64. The molecule has 1 aromatic rings. The minimum atomic E-state index is -0.584. The van der Waals surface area contributed by atoms with E-state index in [1.807, 2.05) is 18.2 Å². The predicted octanol–water partition coefficient (Wildman–Crippen LogP) is -0.474. The van der Waals surface area contributed by atoms with Crippen molar-refractivity contribution in [2.75, 3.05) is 26.8 Å². The van der Waals surface area contributed by atoms with E-state index in [2.05, 4.69) is 16.0 Å². The Morgan fingerprint density at radius 3 is 2.78 bits per heavy atom. The number of nitrogens with one attached hydrogen (secondary N) is 3. The van der Waals surface area contributed by atoms with E-state index in [0.717, 1.165) is 24.2 Å². The molecule has 3 aliphatic heterocycles. The fourth-order valence-corrected chi connectivity index (χ4v) is 4.10. The van der Waals surface area contributed by atoms with Crippen LogP contribution < -0.4 is 16.0 Å². The van der Waals surface area contributed by atoms with Gasteiger partial charge in [-0.2, -0.15) is 0 Å². The van der Waals surface area contributed by atoms with Crippen LogP contribution in [0.5, 0.6) is 0 Å². The van der Waals surface area contributed by atoms with Gasteiger partial charge in [0.15, 0.2) is 0 Å². The number of benzene rings is 1. The largest absolute Gasteiger partial charge is 0.383 e. The number of methoxy groups -OCH3 is 1. The third-order valence-corrected chi connectivity index (χ3v) is 5.64. The number of carbonyl (C=O) groups is 3. The molecule has 27 heavy (non-hydrogen) atoms. The molecule has 2 fully saturated rings. The SMILES string of the molecule is COCC1(NCc2cccc3c2C(=O)N(C2CCC(=O)NC2=O)C3)CNC1. The van der Waals surface area contributed by atoms with Crippen LogP contribution in [-0.4, -0.2) is 61.0 Å². The molecule has 3 N–H and O–H groups in total. The average molecular weight is 372 g/mol. The first-order valence-electron chi connectivity index (χ1n) is 9.23. The summed E-state index contributed by atoms with van der Waals surface area (Å²) in [7, 11) is 1.68. The molecule has 3 heterocycles. The van der Waals surface area contributed by atoms with Crippen molar-refractivity contribution >= 4 is 17.7 Å². The zero-order valence-corrected chi connectivity index (χ0v) is 15.3. The standard InChI is InChI=1S/C19H24N4O4/c1-27-11-19(9-20-10-19)21-7-12-3-2-4-13-8-23(18(26)16(12)13)14-5-6-15(24)22-17(14)25/h2-4,14,20-21H,5-11H2,1H3,(H,22,24,25). The van der Waals surface area contributed by atoms with Crippen LogP contribution in [0.25, 0.3) is 0 Å². The Morgan fingerprint density at radius 2 is 2.11 bits per heavy atom. The van der Waals surface area contributed by atoms with Gasteiger partial charge in [-0.15, -0.1) is 0 Å². The molecule has 1 atom stereocenters. The molecule has 4 rings (SSSR count). The van der Waals surface area contributed by atoms with Crippen LogP contribution in [-0.2, 0) is 27.4 Å². The van der Waals surface area contributed by atoms with Crippen LogP contribution in [0, 0.1) is 0 Å². The van der Waals surface area contributed by atoms with Crippen molar-refractivity contribution in [3.05, 3.63) is 34.9 Å². The molecule has 0 spiro atoms. The van der Waals surface area contributed by atoms with Gasteiger partial charge in [0, 0.05) is 45.3 Å². The lowest BCUT2D eigenvalue weighted by Gasteiger charge is -2.43. The van der Waals surface area contributed by atoms with Gasteiger partial charge in [-0.1, -0.05) is 18.2 Å². The van der Waals surface area contributed by atoms with Gasteiger partial charge in [0.2, 0.25) is 11.8 Å². The van der Waals surface area contributed by atoms with Crippen molar-refractivity contribution < 1.29 is 19.1 Å². The van der Waals surface area contributed by atoms with E-state index in [0.29, 0.717) is 31.7 Å². The van der Waals surface area contributed by atoms with Gasteiger partial charge in [-0.05, 0) is 17.5 Å². The fraction of sp³-hybridized carbons (Fsp3) is 0.526. The first kappa shape index (κ1) is 18.1. The van der Waals surface area contributed by atoms with E-state index in [9.17, 15) is 14.4 Å². The van der Waals surface area contributed by atoms with E-state index in [-0.39, 0.29) is 29.7 Å². The molecule has 8 heteroatoms. The van der Waals surface area contributed by atoms with E-state index in [4.69, 9.17) is 4.74 Å². The second kappa shape index (κ2) is 7.03. The highest BCUT2D eigenvalue weighted by atomic mass is 16.5. The summed E-state index contributed by atoms with van der Waals surface area (Å²) in [6.45, 7) is 3.21. The molecule has 144 valence electrons. The molecular formula is C19H24N4O4. The molecule has 2 saturated heterocycles. The summed E-state index contributed by atoms with van der Waals surface area (Å²) in [5.74, 6) is -0.793. The number of rotatable bonds is 6. The van der Waals surface area contributed by atoms with Crippen molar-refractivity contribution in [2.45, 2.75) is 37.5 Å². The summed E-state index contributed by atoms with van der Waals surface area (Å²) in [5, 5.41) is 9.12. The molecule has 0 aromatic heterocycles. The average Bonchev–Trinajstić information content (AvgIpc) is 2.94. The van der Waals surface area contributed by atoms with Crippen molar-refractivity contribution in [2.24, 2.45) is 0 Å². The first-order chi connectivity index (χ1) is 13.0. The fourth-order valence-electron chi connectivity index (χ4n) is 4.10. The highest BCUT2D eigenvalue weighted by Gasteiger charge is 2.41. The summed E-state index contributed by atoms with van der Waals surface area (Å²) in [5.41, 5.74) is 2.42. The number of hydrogen-bond acceptors (Lipinski definition) is 6. The lowest BCUT2D eigenvalue weighted by Crippen LogP contribution is -2.69. The minimum Gasteiger partial charge on any atom is -0.383 e. The summed E-state index contributed by atoms with van der Waals surface area (Å²) >= 11 is 0. The summed E-state index contributed by atoms with van der Waals surface area (Å²) in [6.07, 6.45) is 0.637. The van der Waals surface area contributed by atoms with Crippen LogP contribution >= 0.6 is 0 Å². The Kier molecular flexibility index (Phi) is 4.71. The molecule has 3 amide bonds. The van der Waals surface area contributed by atoms with Gasteiger partial charge in [-0.25, -0.2) is 0 Å². The van der Waals surface area contributed by atoms with Crippen molar-refractivity contribution in [1.82, 2.24) is 20.9 Å². The second-order valence-electron chi connectivity index (χ2n) is 7.52. The van der Waals surface area contributed by atoms with Crippen molar-refractivity contribution in [3.8, 4) is 0 Å². The number of nitrogens with zero attached hydrogens (tertiary/aromatic N) is 1. The molecule has 0 radical (unpaired) electrons. The number of hydrogen-bond donors (Lipinski definition) is 3. The molecule has 1 aromatic carbocycles. The maximum Gasteiger partial charge on any atom is 0.255 e. The van der Waals surface area contributed by atoms with E-state index in [1.165, 1.54) is 0 Å². The maximum atomic E-state index is 13.1.